The highest BCUT2D eigenvalue weighted by atomic mass is 35.5. The molecule has 0 spiro atoms. The molecule has 0 aliphatic rings. The number of nitro benzene ring substituents is 1. The van der Waals surface area contributed by atoms with Gasteiger partial charge in [-0.05, 0) is 36.8 Å². The number of nitrogens with zero attached hydrogens (tertiary/aromatic N) is 1. The Morgan fingerprint density at radius 1 is 0.971 bits per heavy atom. The summed E-state index contributed by atoms with van der Waals surface area (Å²) in [5.41, 5.74) is -3.61. The quantitative estimate of drug-likeness (QED) is 0.224. The first kappa shape index (κ1) is 25.7. The van der Waals surface area contributed by atoms with Crippen LogP contribution in [-0.2, 0) is 26.0 Å². The SMILES string of the molecule is COC(=O)C(C)(OC(=O)c1cc(-c2ccc(C(F)(F)F)cc2Cl)ccc1[N+](=O)[O-])c1ccccc1. The van der Waals surface area contributed by atoms with Gasteiger partial charge in [-0.1, -0.05) is 48.0 Å². The number of alkyl halides is 3. The molecule has 0 bridgehead atoms. The number of carbonyl (C=O) groups excluding carboxylic acids is 2. The van der Waals surface area contributed by atoms with Crippen LogP contribution in [0.3, 0.4) is 0 Å². The standard InChI is InChI=1S/C24H17ClF3NO6/c1-23(22(31)34-2,15-6-4-3-5-7-15)35-21(30)18-12-14(8-11-20(18)29(32)33)17-10-9-16(13-19(17)25)24(26,27)28/h3-13H,1-2H3. The Labute approximate surface area is 202 Å². The Bertz CT molecular complexity index is 1300. The van der Waals surface area contributed by atoms with Gasteiger partial charge in [0.05, 0.1) is 17.6 Å². The van der Waals surface area contributed by atoms with E-state index in [9.17, 15) is 32.9 Å². The highest BCUT2D eigenvalue weighted by Gasteiger charge is 2.42. The molecule has 3 aromatic rings. The molecule has 0 saturated carbocycles. The second kappa shape index (κ2) is 9.75. The molecule has 1 unspecified atom stereocenters. The zero-order valence-electron chi connectivity index (χ0n) is 18.3. The van der Waals surface area contributed by atoms with Crippen molar-refractivity contribution in [1.82, 2.24) is 0 Å². The van der Waals surface area contributed by atoms with Crippen LogP contribution in [0.15, 0.2) is 66.7 Å². The van der Waals surface area contributed by atoms with Crippen molar-refractivity contribution in [2.45, 2.75) is 18.7 Å². The van der Waals surface area contributed by atoms with Crippen molar-refractivity contribution in [3.63, 3.8) is 0 Å². The summed E-state index contributed by atoms with van der Waals surface area (Å²) in [4.78, 5) is 36.4. The molecule has 7 nitrogen and oxygen atoms in total. The molecule has 0 radical (unpaired) electrons. The molecule has 0 aliphatic carbocycles. The molecule has 3 rings (SSSR count). The molecule has 35 heavy (non-hydrogen) atoms. The van der Waals surface area contributed by atoms with E-state index in [0.29, 0.717) is 6.07 Å². The molecule has 0 aliphatic heterocycles. The number of carbonyl (C=O) groups is 2. The van der Waals surface area contributed by atoms with Crippen LogP contribution in [0.1, 0.15) is 28.4 Å². The number of hydrogen-bond donors (Lipinski definition) is 0. The largest absolute Gasteiger partial charge is 0.466 e. The fourth-order valence-corrected chi connectivity index (χ4v) is 3.65. The monoisotopic (exact) mass is 507 g/mol. The Hall–Kier alpha value is -3.92. The van der Waals surface area contributed by atoms with Crippen LogP contribution in [0, 0.1) is 10.1 Å². The average molecular weight is 508 g/mol. The van der Waals surface area contributed by atoms with Crippen molar-refractivity contribution in [2.24, 2.45) is 0 Å². The summed E-state index contributed by atoms with van der Waals surface area (Å²) in [6.45, 7) is 1.27. The van der Waals surface area contributed by atoms with E-state index in [4.69, 9.17) is 21.1 Å². The Morgan fingerprint density at radius 3 is 2.17 bits per heavy atom. The van der Waals surface area contributed by atoms with Crippen molar-refractivity contribution >= 4 is 29.2 Å². The first-order chi connectivity index (χ1) is 16.4. The molecule has 0 aromatic heterocycles. The number of halogens is 4. The van der Waals surface area contributed by atoms with Crippen molar-refractivity contribution in [3.05, 3.63) is 98.6 Å². The van der Waals surface area contributed by atoms with Gasteiger partial charge in [-0.3, -0.25) is 10.1 Å². The Balaban J connectivity index is 2.08. The van der Waals surface area contributed by atoms with Crippen LogP contribution in [0.25, 0.3) is 11.1 Å². The Kier molecular flexibility index (Phi) is 7.16. The molecular weight excluding hydrogens is 491 g/mol. The van der Waals surface area contributed by atoms with E-state index in [1.165, 1.54) is 25.1 Å². The van der Waals surface area contributed by atoms with Gasteiger partial charge in [0, 0.05) is 22.2 Å². The van der Waals surface area contributed by atoms with E-state index in [-0.39, 0.29) is 21.7 Å². The van der Waals surface area contributed by atoms with Gasteiger partial charge in [-0.25, -0.2) is 9.59 Å². The second-order valence-corrected chi connectivity index (χ2v) is 7.87. The smallest absolute Gasteiger partial charge is 0.416 e. The highest BCUT2D eigenvalue weighted by molar-refractivity contribution is 6.33. The van der Waals surface area contributed by atoms with Gasteiger partial charge < -0.3 is 9.47 Å². The number of hydrogen-bond acceptors (Lipinski definition) is 6. The van der Waals surface area contributed by atoms with Gasteiger partial charge in [0.25, 0.3) is 5.69 Å². The van der Waals surface area contributed by atoms with Gasteiger partial charge in [-0.2, -0.15) is 13.2 Å². The zero-order valence-corrected chi connectivity index (χ0v) is 19.0. The average Bonchev–Trinajstić information content (AvgIpc) is 2.82. The lowest BCUT2D eigenvalue weighted by Gasteiger charge is -2.27. The molecule has 0 N–H and O–H groups in total. The molecule has 0 saturated heterocycles. The van der Waals surface area contributed by atoms with Crippen LogP contribution in [-0.4, -0.2) is 24.0 Å². The van der Waals surface area contributed by atoms with Crippen molar-refractivity contribution in [2.75, 3.05) is 7.11 Å². The van der Waals surface area contributed by atoms with Crippen molar-refractivity contribution < 1.29 is 37.2 Å². The lowest BCUT2D eigenvalue weighted by atomic mass is 9.95. The summed E-state index contributed by atoms with van der Waals surface area (Å²) in [5, 5.41) is 11.3. The van der Waals surface area contributed by atoms with Gasteiger partial charge >= 0.3 is 18.1 Å². The van der Waals surface area contributed by atoms with Gasteiger partial charge in [0.2, 0.25) is 5.60 Å². The first-order valence-corrected chi connectivity index (χ1v) is 10.3. The third-order valence-electron chi connectivity index (χ3n) is 5.22. The number of ether oxygens (including phenoxy) is 2. The molecule has 0 heterocycles. The predicted molar refractivity (Wildman–Crippen MR) is 120 cm³/mol. The van der Waals surface area contributed by atoms with Crippen LogP contribution in [0.5, 0.6) is 0 Å². The van der Waals surface area contributed by atoms with Crippen LogP contribution in [0.2, 0.25) is 5.02 Å². The molecule has 0 fully saturated rings. The normalized spacial score (nSPS) is 13.0. The molecule has 11 heteroatoms. The second-order valence-electron chi connectivity index (χ2n) is 7.46. The van der Waals surface area contributed by atoms with Gasteiger partial charge in [0.1, 0.15) is 5.56 Å². The Morgan fingerprint density at radius 2 is 1.63 bits per heavy atom. The number of nitro groups is 1. The van der Waals surface area contributed by atoms with Crippen molar-refractivity contribution in [1.29, 1.82) is 0 Å². The van der Waals surface area contributed by atoms with E-state index in [1.54, 1.807) is 18.2 Å². The van der Waals surface area contributed by atoms with Gasteiger partial charge in [-0.15, -0.1) is 0 Å². The summed E-state index contributed by atoms with van der Waals surface area (Å²) in [6, 6.07) is 13.8. The fraction of sp³-hybridized carbons (Fsp3) is 0.167. The van der Waals surface area contributed by atoms with Crippen LogP contribution >= 0.6 is 11.6 Å². The summed E-state index contributed by atoms with van der Waals surface area (Å²) >= 11 is 6.04. The minimum Gasteiger partial charge on any atom is -0.466 e. The van der Waals surface area contributed by atoms with E-state index >= 15 is 0 Å². The fourth-order valence-electron chi connectivity index (χ4n) is 3.36. The lowest BCUT2D eigenvalue weighted by molar-refractivity contribution is -0.385. The third kappa shape index (κ3) is 5.27. The maximum Gasteiger partial charge on any atom is 0.416 e. The summed E-state index contributed by atoms with van der Waals surface area (Å²) in [7, 11) is 1.09. The zero-order chi connectivity index (χ0) is 26.0. The highest BCUT2D eigenvalue weighted by Crippen LogP contribution is 2.37. The van der Waals surface area contributed by atoms with Crippen LogP contribution < -0.4 is 0 Å². The summed E-state index contributed by atoms with van der Waals surface area (Å²) in [5.74, 6) is -2.15. The van der Waals surface area contributed by atoms with E-state index in [0.717, 1.165) is 31.4 Å². The molecule has 1 atom stereocenters. The molecule has 3 aromatic carbocycles. The first-order valence-electron chi connectivity index (χ1n) is 9.91. The number of methoxy groups -OCH3 is 1. The number of benzene rings is 3. The van der Waals surface area contributed by atoms with E-state index < -0.39 is 45.5 Å². The molecular formula is C24H17ClF3NO6. The summed E-state index contributed by atoms with van der Waals surface area (Å²) in [6.07, 6.45) is -4.62. The minimum absolute atomic E-state index is 0.0994. The number of esters is 2. The van der Waals surface area contributed by atoms with Crippen LogP contribution in [0.4, 0.5) is 18.9 Å². The topological polar surface area (TPSA) is 95.7 Å². The van der Waals surface area contributed by atoms with E-state index in [2.05, 4.69) is 0 Å². The summed E-state index contributed by atoms with van der Waals surface area (Å²) < 4.78 is 49.1. The van der Waals surface area contributed by atoms with Crippen molar-refractivity contribution in [3.8, 4) is 11.1 Å². The minimum atomic E-state index is -4.62. The molecule has 182 valence electrons. The number of rotatable bonds is 6. The maximum atomic E-state index is 13.1. The molecule has 0 amide bonds. The maximum absolute atomic E-state index is 13.1. The lowest BCUT2D eigenvalue weighted by Crippen LogP contribution is -2.38. The van der Waals surface area contributed by atoms with Gasteiger partial charge in [0.15, 0.2) is 0 Å². The third-order valence-corrected chi connectivity index (χ3v) is 5.53. The van der Waals surface area contributed by atoms with E-state index in [1.807, 2.05) is 0 Å². The predicted octanol–water partition coefficient (Wildman–Crippen LogP) is 6.18.